The van der Waals surface area contributed by atoms with Gasteiger partial charge in [-0.25, -0.2) is 0 Å². The molecule has 1 aromatic heterocycles. The Bertz CT molecular complexity index is 300. The maximum absolute atomic E-state index is 5.77. The van der Waals surface area contributed by atoms with Crippen LogP contribution in [-0.4, -0.2) is 36.5 Å². The molecule has 1 aromatic rings. The van der Waals surface area contributed by atoms with E-state index in [4.69, 9.17) is 16.3 Å². The second-order valence-electron chi connectivity index (χ2n) is 3.19. The van der Waals surface area contributed by atoms with Gasteiger partial charge in [0.2, 0.25) is 0 Å². The molecule has 1 saturated heterocycles. The fraction of sp³-hybridized carbons (Fsp3) is 0.556. The van der Waals surface area contributed by atoms with Crippen LogP contribution in [0.4, 0.5) is 5.69 Å². The minimum absolute atomic E-state index is 0.438. The first-order chi connectivity index (χ1) is 6.86. The standard InChI is InChI=1S/C9H12ClN3O/c10-9-6-8(7-11-12-9)13-2-1-4-14-5-3-13/h6-7H,1-5H2. The Balaban J connectivity index is 2.12. The monoisotopic (exact) mass is 213 g/mol. The van der Waals surface area contributed by atoms with Gasteiger partial charge in [-0.05, 0) is 6.42 Å². The summed E-state index contributed by atoms with van der Waals surface area (Å²) in [6.45, 7) is 3.48. The maximum atomic E-state index is 5.77. The highest BCUT2D eigenvalue weighted by atomic mass is 35.5. The van der Waals surface area contributed by atoms with Gasteiger partial charge in [0.15, 0.2) is 5.15 Å². The third-order valence-corrected chi connectivity index (χ3v) is 2.38. The smallest absolute Gasteiger partial charge is 0.153 e. The van der Waals surface area contributed by atoms with E-state index in [0.717, 1.165) is 38.4 Å². The van der Waals surface area contributed by atoms with Crippen LogP contribution in [0.3, 0.4) is 0 Å². The largest absolute Gasteiger partial charge is 0.380 e. The van der Waals surface area contributed by atoms with E-state index in [-0.39, 0.29) is 0 Å². The fourth-order valence-electron chi connectivity index (χ4n) is 1.51. The van der Waals surface area contributed by atoms with Crippen molar-refractivity contribution >= 4 is 17.3 Å². The van der Waals surface area contributed by atoms with Crippen LogP contribution in [0, 0.1) is 0 Å². The quantitative estimate of drug-likeness (QED) is 0.706. The van der Waals surface area contributed by atoms with Crippen LogP contribution in [-0.2, 0) is 4.74 Å². The van der Waals surface area contributed by atoms with Crippen molar-refractivity contribution in [1.29, 1.82) is 0 Å². The summed E-state index contributed by atoms with van der Waals surface area (Å²) >= 11 is 5.77. The van der Waals surface area contributed by atoms with Gasteiger partial charge in [-0.2, -0.15) is 5.10 Å². The number of anilines is 1. The van der Waals surface area contributed by atoms with Crippen molar-refractivity contribution < 1.29 is 4.74 Å². The second kappa shape index (κ2) is 4.57. The Morgan fingerprint density at radius 2 is 2.29 bits per heavy atom. The first kappa shape index (κ1) is 9.68. The lowest BCUT2D eigenvalue weighted by atomic mass is 10.3. The number of hydrogen-bond acceptors (Lipinski definition) is 4. The molecule has 0 bridgehead atoms. The summed E-state index contributed by atoms with van der Waals surface area (Å²) in [5.41, 5.74) is 1.02. The average molecular weight is 214 g/mol. The Morgan fingerprint density at radius 3 is 3.14 bits per heavy atom. The van der Waals surface area contributed by atoms with Crippen LogP contribution in [0.1, 0.15) is 6.42 Å². The van der Waals surface area contributed by atoms with E-state index in [9.17, 15) is 0 Å². The van der Waals surface area contributed by atoms with Gasteiger partial charge in [-0.1, -0.05) is 11.6 Å². The second-order valence-corrected chi connectivity index (χ2v) is 3.58. The molecular formula is C9H12ClN3O. The van der Waals surface area contributed by atoms with Crippen molar-refractivity contribution in [3.8, 4) is 0 Å². The lowest BCUT2D eigenvalue weighted by Crippen LogP contribution is -2.25. The van der Waals surface area contributed by atoms with E-state index in [1.54, 1.807) is 6.20 Å². The number of aromatic nitrogens is 2. The molecular weight excluding hydrogens is 202 g/mol. The highest BCUT2D eigenvalue weighted by Gasteiger charge is 2.10. The number of rotatable bonds is 1. The summed E-state index contributed by atoms with van der Waals surface area (Å²) in [5.74, 6) is 0. The van der Waals surface area contributed by atoms with Crippen LogP contribution in [0.5, 0.6) is 0 Å². The van der Waals surface area contributed by atoms with Crippen molar-refractivity contribution in [2.24, 2.45) is 0 Å². The van der Waals surface area contributed by atoms with E-state index in [0.29, 0.717) is 5.15 Å². The van der Waals surface area contributed by atoms with Crippen molar-refractivity contribution in [3.05, 3.63) is 17.4 Å². The summed E-state index contributed by atoms with van der Waals surface area (Å²) in [7, 11) is 0. The molecule has 0 amide bonds. The molecule has 0 aliphatic carbocycles. The zero-order valence-electron chi connectivity index (χ0n) is 7.82. The minimum Gasteiger partial charge on any atom is -0.380 e. The molecule has 0 aromatic carbocycles. The van der Waals surface area contributed by atoms with Crippen LogP contribution in [0.2, 0.25) is 5.15 Å². The Morgan fingerprint density at radius 1 is 1.36 bits per heavy atom. The summed E-state index contributed by atoms with van der Waals surface area (Å²) in [4.78, 5) is 2.22. The third kappa shape index (κ3) is 2.33. The van der Waals surface area contributed by atoms with E-state index < -0.39 is 0 Å². The number of nitrogens with zero attached hydrogens (tertiary/aromatic N) is 3. The molecule has 14 heavy (non-hydrogen) atoms. The molecule has 0 N–H and O–H groups in total. The predicted octanol–water partition coefficient (Wildman–Crippen LogP) is 1.36. The maximum Gasteiger partial charge on any atom is 0.153 e. The molecule has 0 saturated carbocycles. The van der Waals surface area contributed by atoms with Gasteiger partial charge < -0.3 is 9.64 Å². The summed E-state index contributed by atoms with van der Waals surface area (Å²) in [5, 5.41) is 7.98. The first-order valence-electron chi connectivity index (χ1n) is 4.67. The molecule has 1 fully saturated rings. The van der Waals surface area contributed by atoms with E-state index in [1.165, 1.54) is 0 Å². The SMILES string of the molecule is Clc1cc(N2CCCOCC2)cnn1. The van der Waals surface area contributed by atoms with Gasteiger partial charge in [0, 0.05) is 25.8 Å². The lowest BCUT2D eigenvalue weighted by molar-refractivity contribution is 0.152. The third-order valence-electron chi connectivity index (χ3n) is 2.20. The van der Waals surface area contributed by atoms with E-state index in [1.807, 2.05) is 6.07 Å². The van der Waals surface area contributed by atoms with Crippen LogP contribution < -0.4 is 4.90 Å². The van der Waals surface area contributed by atoms with Gasteiger partial charge >= 0.3 is 0 Å². The lowest BCUT2D eigenvalue weighted by Gasteiger charge is -2.20. The molecule has 1 aliphatic heterocycles. The molecule has 4 nitrogen and oxygen atoms in total. The molecule has 2 rings (SSSR count). The molecule has 5 heteroatoms. The highest BCUT2D eigenvalue weighted by Crippen LogP contribution is 2.17. The summed E-state index contributed by atoms with van der Waals surface area (Å²) < 4.78 is 5.37. The number of hydrogen-bond donors (Lipinski definition) is 0. The van der Waals surface area contributed by atoms with Gasteiger partial charge in [-0.3, -0.25) is 0 Å². The molecule has 0 spiro atoms. The molecule has 1 aliphatic rings. The summed E-state index contributed by atoms with van der Waals surface area (Å²) in [6.07, 6.45) is 2.77. The van der Waals surface area contributed by atoms with Gasteiger partial charge in [0.25, 0.3) is 0 Å². The fourth-order valence-corrected chi connectivity index (χ4v) is 1.66. The van der Waals surface area contributed by atoms with Crippen molar-refractivity contribution in [2.75, 3.05) is 31.2 Å². The van der Waals surface area contributed by atoms with E-state index in [2.05, 4.69) is 15.1 Å². The topological polar surface area (TPSA) is 38.2 Å². The molecule has 76 valence electrons. The predicted molar refractivity (Wildman–Crippen MR) is 54.7 cm³/mol. The number of ether oxygens (including phenoxy) is 1. The highest BCUT2D eigenvalue weighted by molar-refractivity contribution is 6.29. The normalized spacial score (nSPS) is 17.9. The molecule has 0 unspecified atom stereocenters. The first-order valence-corrected chi connectivity index (χ1v) is 5.05. The minimum atomic E-state index is 0.438. The van der Waals surface area contributed by atoms with Crippen LogP contribution in [0.25, 0.3) is 0 Å². The van der Waals surface area contributed by atoms with Gasteiger partial charge in [0.05, 0.1) is 18.5 Å². The van der Waals surface area contributed by atoms with Crippen LogP contribution in [0.15, 0.2) is 12.3 Å². The van der Waals surface area contributed by atoms with Gasteiger partial charge in [-0.15, -0.1) is 5.10 Å². The van der Waals surface area contributed by atoms with E-state index >= 15 is 0 Å². The van der Waals surface area contributed by atoms with Gasteiger partial charge in [0.1, 0.15) is 0 Å². The Labute approximate surface area is 87.8 Å². The molecule has 2 heterocycles. The van der Waals surface area contributed by atoms with Crippen molar-refractivity contribution in [2.45, 2.75) is 6.42 Å². The molecule has 0 radical (unpaired) electrons. The Kier molecular flexibility index (Phi) is 3.16. The number of halogens is 1. The Hall–Kier alpha value is -0.870. The summed E-state index contributed by atoms with van der Waals surface area (Å²) in [6, 6.07) is 1.83. The van der Waals surface area contributed by atoms with Crippen LogP contribution >= 0.6 is 11.6 Å². The zero-order chi connectivity index (χ0) is 9.80. The molecule has 0 atom stereocenters. The van der Waals surface area contributed by atoms with Crippen molar-refractivity contribution in [1.82, 2.24) is 10.2 Å². The zero-order valence-corrected chi connectivity index (χ0v) is 8.57. The average Bonchev–Trinajstić information content (AvgIpc) is 2.45. The van der Waals surface area contributed by atoms with Crippen molar-refractivity contribution in [3.63, 3.8) is 0 Å².